The lowest BCUT2D eigenvalue weighted by molar-refractivity contribution is -0.137. The second-order valence-corrected chi connectivity index (χ2v) is 2.25. The number of benzene rings is 1. The number of halogens is 4. The molecule has 13 heavy (non-hydrogen) atoms. The number of alkyl halides is 3. The van der Waals surface area contributed by atoms with Crippen LogP contribution in [0.3, 0.4) is 0 Å². The Labute approximate surface area is 71.0 Å². The summed E-state index contributed by atoms with van der Waals surface area (Å²) in [5.74, 6) is 0. The van der Waals surface area contributed by atoms with Gasteiger partial charge in [-0.25, -0.2) is 5.48 Å². The smallest absolute Gasteiger partial charge is 0.231 e. The molecule has 0 atom stereocenters. The zero-order valence-electron chi connectivity index (χ0n) is 6.23. The molecule has 0 saturated carbocycles. The Hall–Kier alpha value is -1.30. The third kappa shape index (κ3) is 2.59. The van der Waals surface area contributed by atoms with Gasteiger partial charge >= 0.3 is 6.18 Å². The monoisotopic (exact) mass is 195 g/mol. The van der Waals surface area contributed by atoms with Crippen LogP contribution in [0.5, 0.6) is 0 Å². The van der Waals surface area contributed by atoms with E-state index in [1.807, 2.05) is 0 Å². The molecule has 6 heteroatoms. The van der Waals surface area contributed by atoms with Crippen molar-refractivity contribution >= 4 is 5.69 Å². The maximum absolute atomic E-state index is 12.0. The molecular weight excluding hydrogens is 190 g/mol. The molecule has 72 valence electrons. The van der Waals surface area contributed by atoms with Crippen molar-refractivity contribution in [3.05, 3.63) is 29.8 Å². The molecule has 1 aromatic rings. The Balaban J connectivity index is 2.81. The van der Waals surface area contributed by atoms with Crippen molar-refractivity contribution in [3.8, 4) is 0 Å². The van der Waals surface area contributed by atoms with Gasteiger partial charge in [0.1, 0.15) is 0 Å². The SMILES string of the molecule is FONc1ccc(C(F)(F)F)cc1. The van der Waals surface area contributed by atoms with Crippen LogP contribution in [0.2, 0.25) is 0 Å². The van der Waals surface area contributed by atoms with Crippen molar-refractivity contribution < 1.29 is 22.7 Å². The summed E-state index contributed by atoms with van der Waals surface area (Å²) in [7, 11) is 0. The van der Waals surface area contributed by atoms with Gasteiger partial charge in [0.2, 0.25) is 0 Å². The van der Waals surface area contributed by atoms with E-state index in [-0.39, 0.29) is 5.69 Å². The lowest BCUT2D eigenvalue weighted by atomic mass is 10.2. The van der Waals surface area contributed by atoms with Crippen LogP contribution >= 0.6 is 0 Å². The van der Waals surface area contributed by atoms with E-state index in [2.05, 4.69) is 5.04 Å². The molecule has 0 aromatic heterocycles. The number of anilines is 1. The third-order valence-electron chi connectivity index (χ3n) is 1.37. The first-order valence-electron chi connectivity index (χ1n) is 3.25. The predicted molar refractivity (Wildman–Crippen MR) is 37.3 cm³/mol. The molecule has 0 unspecified atom stereocenters. The molecule has 2 nitrogen and oxygen atoms in total. The largest absolute Gasteiger partial charge is 0.416 e. The summed E-state index contributed by atoms with van der Waals surface area (Å²) in [6.45, 7) is 0. The summed E-state index contributed by atoms with van der Waals surface area (Å²) >= 11 is 0. The fourth-order valence-corrected chi connectivity index (χ4v) is 0.772. The van der Waals surface area contributed by atoms with Gasteiger partial charge in [0.05, 0.1) is 11.3 Å². The highest BCUT2D eigenvalue weighted by molar-refractivity contribution is 5.43. The van der Waals surface area contributed by atoms with E-state index < -0.39 is 11.7 Å². The summed E-state index contributed by atoms with van der Waals surface area (Å²) < 4.78 is 47.1. The van der Waals surface area contributed by atoms with Crippen molar-refractivity contribution in [3.63, 3.8) is 0 Å². The summed E-state index contributed by atoms with van der Waals surface area (Å²) in [6.07, 6.45) is -4.38. The lowest BCUT2D eigenvalue weighted by Gasteiger charge is -2.06. The Bertz CT molecular complexity index is 269. The third-order valence-corrected chi connectivity index (χ3v) is 1.37. The van der Waals surface area contributed by atoms with Crippen LogP contribution in [-0.2, 0) is 11.2 Å². The van der Waals surface area contributed by atoms with Gasteiger partial charge in [0.15, 0.2) is 0 Å². The van der Waals surface area contributed by atoms with Crippen molar-refractivity contribution in [1.82, 2.24) is 0 Å². The van der Waals surface area contributed by atoms with Crippen molar-refractivity contribution in [2.24, 2.45) is 0 Å². The highest BCUT2D eigenvalue weighted by Crippen LogP contribution is 2.29. The van der Waals surface area contributed by atoms with Crippen molar-refractivity contribution in [1.29, 1.82) is 0 Å². The van der Waals surface area contributed by atoms with E-state index in [9.17, 15) is 17.7 Å². The summed E-state index contributed by atoms with van der Waals surface area (Å²) in [5, 5.41) is 3.02. The molecule has 0 fully saturated rings. The summed E-state index contributed by atoms with van der Waals surface area (Å²) in [5.41, 5.74) is 1.06. The van der Waals surface area contributed by atoms with Crippen molar-refractivity contribution in [2.45, 2.75) is 6.18 Å². The Morgan fingerprint density at radius 2 is 1.62 bits per heavy atom. The zero-order valence-corrected chi connectivity index (χ0v) is 6.23. The van der Waals surface area contributed by atoms with Crippen LogP contribution in [-0.4, -0.2) is 0 Å². The van der Waals surface area contributed by atoms with Gasteiger partial charge in [-0.2, -0.15) is 13.2 Å². The first-order chi connectivity index (χ1) is 6.04. The fourth-order valence-electron chi connectivity index (χ4n) is 0.772. The first kappa shape index (κ1) is 9.79. The second-order valence-electron chi connectivity index (χ2n) is 2.25. The minimum atomic E-state index is -4.38. The van der Waals surface area contributed by atoms with Gasteiger partial charge in [-0.3, -0.25) is 0 Å². The molecule has 0 spiro atoms. The van der Waals surface area contributed by atoms with Crippen LogP contribution in [0.25, 0.3) is 0 Å². The highest BCUT2D eigenvalue weighted by Gasteiger charge is 2.29. The molecule has 1 rings (SSSR count). The van der Waals surface area contributed by atoms with Crippen LogP contribution in [0, 0.1) is 0 Å². The number of rotatable bonds is 2. The van der Waals surface area contributed by atoms with E-state index in [0.29, 0.717) is 0 Å². The van der Waals surface area contributed by atoms with E-state index in [1.165, 1.54) is 0 Å². The molecule has 0 heterocycles. The Morgan fingerprint density at radius 1 is 1.08 bits per heavy atom. The Morgan fingerprint density at radius 3 is 2.00 bits per heavy atom. The second kappa shape index (κ2) is 3.61. The van der Waals surface area contributed by atoms with Crippen LogP contribution in [0.1, 0.15) is 5.56 Å². The molecule has 0 aliphatic carbocycles. The fraction of sp³-hybridized carbons (Fsp3) is 0.143. The normalized spacial score (nSPS) is 11.4. The number of hydrogen-bond acceptors (Lipinski definition) is 2. The highest BCUT2D eigenvalue weighted by atomic mass is 19.4. The average Bonchev–Trinajstić information content (AvgIpc) is 2.04. The van der Waals surface area contributed by atoms with Crippen LogP contribution in [0.15, 0.2) is 24.3 Å². The molecule has 1 aromatic carbocycles. The van der Waals surface area contributed by atoms with Gasteiger partial charge < -0.3 is 0 Å². The molecule has 0 saturated heterocycles. The van der Waals surface area contributed by atoms with Gasteiger partial charge in [-0.15, -0.1) is 0 Å². The van der Waals surface area contributed by atoms with E-state index in [1.54, 1.807) is 5.48 Å². The van der Waals surface area contributed by atoms with E-state index >= 15 is 0 Å². The number of nitrogens with one attached hydrogen (secondary N) is 1. The van der Waals surface area contributed by atoms with Gasteiger partial charge in [-0.05, 0) is 28.8 Å². The standard InChI is InChI=1S/C7H5F4NO/c8-7(9,10)5-1-3-6(4-2-5)12-13-11/h1-4,12H. The minimum Gasteiger partial charge on any atom is -0.231 e. The molecule has 0 bridgehead atoms. The molecule has 1 N–H and O–H groups in total. The van der Waals surface area contributed by atoms with Gasteiger partial charge in [0.25, 0.3) is 0 Å². The van der Waals surface area contributed by atoms with E-state index in [0.717, 1.165) is 24.3 Å². The first-order valence-corrected chi connectivity index (χ1v) is 3.25. The Kier molecular flexibility index (Phi) is 2.72. The molecular formula is C7H5F4NO. The maximum Gasteiger partial charge on any atom is 0.416 e. The minimum absolute atomic E-state index is 0.107. The van der Waals surface area contributed by atoms with Gasteiger partial charge in [-0.1, -0.05) is 5.04 Å². The lowest BCUT2D eigenvalue weighted by Crippen LogP contribution is -2.04. The van der Waals surface area contributed by atoms with E-state index in [4.69, 9.17) is 0 Å². The molecule has 0 aliphatic rings. The predicted octanol–water partition coefficient (Wildman–Crippen LogP) is 2.93. The summed E-state index contributed by atoms with van der Waals surface area (Å²) in [4.78, 5) is 0. The topological polar surface area (TPSA) is 21.3 Å². The van der Waals surface area contributed by atoms with Crippen LogP contribution in [0.4, 0.5) is 23.4 Å². The van der Waals surface area contributed by atoms with Crippen molar-refractivity contribution in [2.75, 3.05) is 5.48 Å². The van der Waals surface area contributed by atoms with Crippen LogP contribution < -0.4 is 5.48 Å². The molecule has 0 aliphatic heterocycles. The molecule has 0 amide bonds. The maximum atomic E-state index is 12.0. The summed E-state index contributed by atoms with van der Waals surface area (Å²) in [6, 6.07) is 3.76. The number of hydrogen-bond donors (Lipinski definition) is 1. The van der Waals surface area contributed by atoms with Gasteiger partial charge in [0, 0.05) is 0 Å². The average molecular weight is 195 g/mol. The quantitative estimate of drug-likeness (QED) is 0.578. The molecule has 0 radical (unpaired) electrons. The zero-order chi connectivity index (χ0) is 9.90.